The summed E-state index contributed by atoms with van der Waals surface area (Å²) in [5.41, 5.74) is 1.25. The van der Waals surface area contributed by atoms with E-state index in [1.807, 2.05) is 6.07 Å². The van der Waals surface area contributed by atoms with Crippen molar-refractivity contribution in [2.24, 2.45) is 11.3 Å². The maximum Gasteiger partial charge on any atom is 0.124 e. The zero-order valence-electron chi connectivity index (χ0n) is 12.9. The van der Waals surface area contributed by atoms with Crippen molar-refractivity contribution in [2.75, 3.05) is 26.3 Å². The Balaban J connectivity index is 2.07. The van der Waals surface area contributed by atoms with E-state index in [9.17, 15) is 4.39 Å². The number of rotatable bonds is 6. The lowest BCUT2D eigenvalue weighted by atomic mass is 9.75. The van der Waals surface area contributed by atoms with Crippen LogP contribution >= 0.6 is 15.9 Å². The fraction of sp³-hybridized carbons (Fsp3) is 0.647. The number of ether oxygens (including phenoxy) is 1. The number of hydrogen-bond donors (Lipinski definition) is 1. The zero-order valence-corrected chi connectivity index (χ0v) is 14.5. The van der Waals surface area contributed by atoms with Gasteiger partial charge in [-0.05, 0) is 60.9 Å². The van der Waals surface area contributed by atoms with E-state index in [4.69, 9.17) is 4.74 Å². The second kappa shape index (κ2) is 7.70. The molecule has 0 aliphatic carbocycles. The molecule has 0 atom stereocenters. The first kappa shape index (κ1) is 16.9. The van der Waals surface area contributed by atoms with Crippen molar-refractivity contribution < 1.29 is 9.13 Å². The molecule has 0 amide bonds. The van der Waals surface area contributed by atoms with Gasteiger partial charge in [-0.2, -0.15) is 0 Å². The highest BCUT2D eigenvalue weighted by molar-refractivity contribution is 9.10. The molecule has 0 unspecified atom stereocenters. The maximum absolute atomic E-state index is 13.6. The second-order valence-electron chi connectivity index (χ2n) is 6.59. The summed E-state index contributed by atoms with van der Waals surface area (Å²) in [6.45, 7) is 8.04. The van der Waals surface area contributed by atoms with Gasteiger partial charge in [-0.25, -0.2) is 4.39 Å². The molecule has 4 heteroatoms. The van der Waals surface area contributed by atoms with Crippen LogP contribution in [0.1, 0.15) is 32.3 Å². The van der Waals surface area contributed by atoms with E-state index in [1.54, 1.807) is 6.07 Å². The van der Waals surface area contributed by atoms with Gasteiger partial charge in [0.15, 0.2) is 0 Å². The summed E-state index contributed by atoms with van der Waals surface area (Å²) < 4.78 is 19.9. The highest BCUT2D eigenvalue weighted by Crippen LogP contribution is 2.34. The molecule has 0 bridgehead atoms. The van der Waals surface area contributed by atoms with Crippen molar-refractivity contribution in [3.8, 4) is 0 Å². The van der Waals surface area contributed by atoms with E-state index < -0.39 is 0 Å². The summed E-state index contributed by atoms with van der Waals surface area (Å²) in [7, 11) is 0. The second-order valence-corrected chi connectivity index (χ2v) is 7.51. The molecule has 2 rings (SSSR count). The van der Waals surface area contributed by atoms with Gasteiger partial charge in [0.2, 0.25) is 0 Å². The third kappa shape index (κ3) is 5.35. The molecule has 118 valence electrons. The van der Waals surface area contributed by atoms with Gasteiger partial charge in [-0.15, -0.1) is 0 Å². The van der Waals surface area contributed by atoms with Crippen molar-refractivity contribution >= 4 is 15.9 Å². The lowest BCUT2D eigenvalue weighted by Gasteiger charge is -2.38. The van der Waals surface area contributed by atoms with Gasteiger partial charge < -0.3 is 10.1 Å². The van der Waals surface area contributed by atoms with Crippen LogP contribution in [0.2, 0.25) is 0 Å². The Morgan fingerprint density at radius 2 is 2.00 bits per heavy atom. The minimum absolute atomic E-state index is 0.170. The van der Waals surface area contributed by atoms with E-state index in [2.05, 4.69) is 35.1 Å². The Bertz CT molecular complexity index is 438. The third-order valence-corrected chi connectivity index (χ3v) is 4.57. The van der Waals surface area contributed by atoms with Crippen LogP contribution < -0.4 is 5.32 Å². The molecule has 1 aliphatic rings. The van der Waals surface area contributed by atoms with Gasteiger partial charge >= 0.3 is 0 Å². The van der Waals surface area contributed by atoms with Crippen LogP contribution in [0.4, 0.5) is 4.39 Å². The molecule has 1 N–H and O–H groups in total. The summed E-state index contributed by atoms with van der Waals surface area (Å²) >= 11 is 3.39. The Kier molecular flexibility index (Phi) is 6.20. The molecular weight excluding hydrogens is 333 g/mol. The zero-order chi connectivity index (χ0) is 15.3. The molecular formula is C17H25BrFNO. The molecule has 0 aromatic heterocycles. The summed E-state index contributed by atoms with van der Waals surface area (Å²) in [5.74, 6) is 0.474. The maximum atomic E-state index is 13.6. The fourth-order valence-electron chi connectivity index (χ4n) is 2.99. The first-order valence-electron chi connectivity index (χ1n) is 7.73. The topological polar surface area (TPSA) is 21.3 Å². The van der Waals surface area contributed by atoms with Crippen LogP contribution in [0.3, 0.4) is 0 Å². The predicted molar refractivity (Wildman–Crippen MR) is 88.0 cm³/mol. The minimum atomic E-state index is -0.170. The fourth-order valence-corrected chi connectivity index (χ4v) is 3.51. The average Bonchev–Trinajstić information content (AvgIpc) is 2.37. The van der Waals surface area contributed by atoms with Gasteiger partial charge in [-0.3, -0.25) is 0 Å². The largest absolute Gasteiger partial charge is 0.381 e. The number of hydrogen-bond acceptors (Lipinski definition) is 2. The predicted octanol–water partition coefficient (Wildman–Crippen LogP) is 4.17. The Morgan fingerprint density at radius 1 is 1.29 bits per heavy atom. The molecule has 1 saturated heterocycles. The lowest BCUT2D eigenvalue weighted by molar-refractivity contribution is 0.0147. The van der Waals surface area contributed by atoms with E-state index >= 15 is 0 Å². The number of benzene rings is 1. The van der Waals surface area contributed by atoms with Gasteiger partial charge in [0.05, 0.1) is 0 Å². The monoisotopic (exact) mass is 357 g/mol. The van der Waals surface area contributed by atoms with E-state index in [0.29, 0.717) is 5.92 Å². The molecule has 0 saturated carbocycles. The van der Waals surface area contributed by atoms with E-state index in [0.717, 1.165) is 55.6 Å². The van der Waals surface area contributed by atoms with Crippen LogP contribution in [-0.4, -0.2) is 26.3 Å². The minimum Gasteiger partial charge on any atom is -0.381 e. The first-order valence-corrected chi connectivity index (χ1v) is 8.52. The van der Waals surface area contributed by atoms with Crippen LogP contribution in [0, 0.1) is 17.2 Å². The summed E-state index contributed by atoms with van der Waals surface area (Å²) in [5, 5.41) is 3.58. The highest BCUT2D eigenvalue weighted by Gasteiger charge is 2.32. The SMILES string of the molecule is CC(C)CNCC1(Cc2cc(F)cc(Br)c2)CCOCC1. The first-order chi connectivity index (χ1) is 9.99. The smallest absolute Gasteiger partial charge is 0.124 e. The molecule has 1 aliphatic heterocycles. The summed E-state index contributed by atoms with van der Waals surface area (Å²) in [4.78, 5) is 0. The normalized spacial score (nSPS) is 18.1. The molecule has 1 heterocycles. The molecule has 1 aromatic carbocycles. The van der Waals surface area contributed by atoms with E-state index in [-0.39, 0.29) is 11.2 Å². The Hall–Kier alpha value is -0.450. The van der Waals surface area contributed by atoms with Crippen molar-refractivity contribution in [3.05, 3.63) is 34.1 Å². The Morgan fingerprint density at radius 3 is 2.62 bits per heavy atom. The van der Waals surface area contributed by atoms with Crippen molar-refractivity contribution in [2.45, 2.75) is 33.1 Å². The van der Waals surface area contributed by atoms with Crippen LogP contribution in [-0.2, 0) is 11.2 Å². The van der Waals surface area contributed by atoms with Gasteiger partial charge in [-0.1, -0.05) is 29.8 Å². The van der Waals surface area contributed by atoms with Gasteiger partial charge in [0.25, 0.3) is 0 Å². The van der Waals surface area contributed by atoms with Crippen LogP contribution in [0.25, 0.3) is 0 Å². The van der Waals surface area contributed by atoms with Gasteiger partial charge in [0, 0.05) is 24.2 Å². The van der Waals surface area contributed by atoms with Crippen molar-refractivity contribution in [1.82, 2.24) is 5.32 Å². The Labute approximate surface area is 135 Å². The number of nitrogens with one attached hydrogen (secondary N) is 1. The van der Waals surface area contributed by atoms with E-state index in [1.165, 1.54) is 6.07 Å². The quantitative estimate of drug-likeness (QED) is 0.824. The summed E-state index contributed by atoms with van der Waals surface area (Å²) in [6, 6.07) is 5.20. The molecule has 0 radical (unpaired) electrons. The van der Waals surface area contributed by atoms with Crippen molar-refractivity contribution in [1.29, 1.82) is 0 Å². The summed E-state index contributed by atoms with van der Waals surface area (Å²) in [6.07, 6.45) is 2.97. The lowest BCUT2D eigenvalue weighted by Crippen LogP contribution is -2.41. The molecule has 1 fully saturated rings. The molecule has 2 nitrogen and oxygen atoms in total. The number of halogens is 2. The molecule has 1 aromatic rings. The van der Waals surface area contributed by atoms with Crippen LogP contribution in [0.15, 0.2) is 22.7 Å². The van der Waals surface area contributed by atoms with Crippen molar-refractivity contribution in [3.63, 3.8) is 0 Å². The average molecular weight is 358 g/mol. The van der Waals surface area contributed by atoms with Gasteiger partial charge in [0.1, 0.15) is 5.82 Å². The van der Waals surface area contributed by atoms with Crippen LogP contribution in [0.5, 0.6) is 0 Å². The third-order valence-electron chi connectivity index (χ3n) is 4.11. The molecule has 21 heavy (non-hydrogen) atoms. The molecule has 0 spiro atoms. The standard InChI is InChI=1S/C17H25BrFNO/c1-13(2)11-20-12-17(3-5-21-6-4-17)10-14-7-15(18)9-16(19)8-14/h7-9,13,20H,3-6,10-12H2,1-2H3. The highest BCUT2D eigenvalue weighted by atomic mass is 79.9.